The smallest absolute Gasteiger partial charge is 0.410 e. The Balaban J connectivity index is 1.20. The Bertz CT molecular complexity index is 1020. The van der Waals surface area contributed by atoms with Gasteiger partial charge in [0.2, 0.25) is 0 Å². The molecule has 3 heterocycles. The molecular formula is C31H46N2O3. The molecule has 198 valence electrons. The van der Waals surface area contributed by atoms with Crippen LogP contribution in [0.15, 0.2) is 11.6 Å². The van der Waals surface area contributed by atoms with Crippen molar-refractivity contribution >= 4 is 12.2 Å². The largest absolute Gasteiger partial charge is 0.444 e. The molecule has 1 saturated carbocycles. The van der Waals surface area contributed by atoms with E-state index in [1.54, 1.807) is 5.56 Å². The Morgan fingerprint density at radius 1 is 1.11 bits per heavy atom. The van der Waals surface area contributed by atoms with E-state index in [9.17, 15) is 4.79 Å². The van der Waals surface area contributed by atoms with E-state index in [-0.39, 0.29) is 6.09 Å². The minimum absolute atomic E-state index is 0.143. The zero-order chi connectivity index (χ0) is 25.7. The Labute approximate surface area is 218 Å². The quantitative estimate of drug-likeness (QED) is 0.489. The Hall–Kier alpha value is -1.85. The summed E-state index contributed by atoms with van der Waals surface area (Å²) in [6.07, 6.45) is 9.60. The second-order valence-electron chi connectivity index (χ2n) is 13.1. The number of aryl methyl sites for hydroxylation is 1. The van der Waals surface area contributed by atoms with Crippen molar-refractivity contribution in [2.75, 3.05) is 39.4 Å². The van der Waals surface area contributed by atoms with E-state index < -0.39 is 5.60 Å². The highest BCUT2D eigenvalue weighted by Crippen LogP contribution is 2.48. The van der Waals surface area contributed by atoms with Crippen LogP contribution in [0.5, 0.6) is 0 Å². The molecule has 5 heteroatoms. The molecule has 0 N–H and O–H groups in total. The molecule has 3 aliphatic heterocycles. The van der Waals surface area contributed by atoms with Crippen molar-refractivity contribution in [2.45, 2.75) is 97.6 Å². The van der Waals surface area contributed by atoms with Gasteiger partial charge in [0, 0.05) is 24.5 Å². The normalized spacial score (nSPS) is 26.1. The molecule has 0 bridgehead atoms. The first kappa shape index (κ1) is 25.8. The standard InChI is InChI=1S/C31H46N2O3/c1-21-15-28(27(23(3)22(21)2)16-24-10-14-35-18-24)25-8-12-32(13-9-25)26-7-11-31(17-26)19-33(20-31)29(34)36-30(4,5)6/h15-16,25-26H,7-14,17-20H2,1-6H3/b24-16+/t26-/m1/s1. The fourth-order valence-corrected chi connectivity index (χ4v) is 7.03. The molecule has 1 amide bonds. The lowest BCUT2D eigenvalue weighted by Crippen LogP contribution is -2.58. The zero-order valence-electron chi connectivity index (χ0n) is 23.4. The molecule has 36 heavy (non-hydrogen) atoms. The van der Waals surface area contributed by atoms with Crippen LogP contribution >= 0.6 is 0 Å². The van der Waals surface area contributed by atoms with Gasteiger partial charge in [-0.05, 0) is 132 Å². The third-order valence-electron chi connectivity index (χ3n) is 9.31. The van der Waals surface area contributed by atoms with Gasteiger partial charge in [0.25, 0.3) is 0 Å². The molecule has 0 aromatic heterocycles. The number of carbonyl (C=O) groups is 1. The number of benzene rings is 1. The summed E-state index contributed by atoms with van der Waals surface area (Å²) in [6, 6.07) is 3.15. The van der Waals surface area contributed by atoms with Crippen LogP contribution in [-0.4, -0.2) is 66.9 Å². The molecule has 1 aromatic carbocycles. The highest BCUT2D eigenvalue weighted by molar-refractivity contribution is 5.69. The minimum Gasteiger partial charge on any atom is -0.444 e. The van der Waals surface area contributed by atoms with Crippen LogP contribution in [-0.2, 0) is 9.47 Å². The lowest BCUT2D eigenvalue weighted by Gasteiger charge is -2.48. The predicted octanol–water partition coefficient (Wildman–Crippen LogP) is 6.38. The predicted molar refractivity (Wildman–Crippen MR) is 145 cm³/mol. The molecule has 5 rings (SSSR count). The van der Waals surface area contributed by atoms with Crippen molar-refractivity contribution in [3.63, 3.8) is 0 Å². The van der Waals surface area contributed by atoms with Gasteiger partial charge < -0.3 is 19.3 Å². The van der Waals surface area contributed by atoms with E-state index in [1.165, 1.54) is 73.0 Å². The fraction of sp³-hybridized carbons (Fsp3) is 0.710. The molecule has 0 radical (unpaired) electrons. The number of ether oxygens (including phenoxy) is 2. The van der Waals surface area contributed by atoms with E-state index in [2.05, 4.69) is 37.8 Å². The van der Waals surface area contributed by atoms with E-state index in [0.29, 0.717) is 17.4 Å². The highest BCUT2D eigenvalue weighted by Gasteiger charge is 2.51. The first-order chi connectivity index (χ1) is 17.0. The average Bonchev–Trinajstić information content (AvgIpc) is 3.48. The molecular weight excluding hydrogens is 448 g/mol. The molecule has 1 spiro atoms. The zero-order valence-corrected chi connectivity index (χ0v) is 23.4. The summed E-state index contributed by atoms with van der Waals surface area (Å²) in [5, 5.41) is 0. The summed E-state index contributed by atoms with van der Waals surface area (Å²) in [5.74, 6) is 0.634. The second-order valence-corrected chi connectivity index (χ2v) is 13.1. The number of carbonyl (C=O) groups excluding carboxylic acids is 1. The first-order valence-electron chi connectivity index (χ1n) is 14.1. The summed E-state index contributed by atoms with van der Waals surface area (Å²) < 4.78 is 11.2. The van der Waals surface area contributed by atoms with Crippen molar-refractivity contribution in [1.82, 2.24) is 9.80 Å². The summed E-state index contributed by atoms with van der Waals surface area (Å²) in [4.78, 5) is 17.1. The number of likely N-dealkylation sites (tertiary alicyclic amines) is 2. The number of hydrogen-bond acceptors (Lipinski definition) is 4. The lowest BCUT2D eigenvalue weighted by atomic mass is 9.78. The molecule has 4 fully saturated rings. The third-order valence-corrected chi connectivity index (χ3v) is 9.31. The van der Waals surface area contributed by atoms with Gasteiger partial charge >= 0.3 is 6.09 Å². The molecule has 1 aliphatic carbocycles. The van der Waals surface area contributed by atoms with Gasteiger partial charge in [-0.3, -0.25) is 0 Å². The SMILES string of the molecule is Cc1cc(C2CCN([C@@H]3CCC4(C3)CN(C(=O)OC(C)(C)C)C4)CC2)c(/C=C2\CCOC2)c(C)c1C. The summed E-state index contributed by atoms with van der Waals surface area (Å²) in [5.41, 5.74) is 8.68. The maximum absolute atomic E-state index is 12.4. The van der Waals surface area contributed by atoms with Gasteiger partial charge in [0.05, 0.1) is 13.2 Å². The number of nitrogens with zero attached hydrogens (tertiary/aromatic N) is 2. The van der Waals surface area contributed by atoms with Crippen LogP contribution in [0.2, 0.25) is 0 Å². The van der Waals surface area contributed by atoms with E-state index in [1.807, 2.05) is 25.7 Å². The van der Waals surface area contributed by atoms with Gasteiger partial charge in [-0.25, -0.2) is 4.79 Å². The van der Waals surface area contributed by atoms with E-state index in [0.717, 1.165) is 32.7 Å². The molecule has 4 aliphatic rings. The Morgan fingerprint density at radius 3 is 2.47 bits per heavy atom. The molecule has 1 atom stereocenters. The van der Waals surface area contributed by atoms with E-state index in [4.69, 9.17) is 9.47 Å². The van der Waals surface area contributed by atoms with E-state index >= 15 is 0 Å². The number of amides is 1. The summed E-state index contributed by atoms with van der Waals surface area (Å²) in [7, 11) is 0. The van der Waals surface area contributed by atoms with Crippen LogP contribution in [0, 0.1) is 26.2 Å². The topological polar surface area (TPSA) is 42.0 Å². The van der Waals surface area contributed by atoms with Crippen LogP contribution in [0.25, 0.3) is 6.08 Å². The highest BCUT2D eigenvalue weighted by atomic mass is 16.6. The lowest BCUT2D eigenvalue weighted by molar-refractivity contribution is -0.0347. The molecule has 1 aromatic rings. The first-order valence-corrected chi connectivity index (χ1v) is 14.1. The van der Waals surface area contributed by atoms with Gasteiger partial charge in [-0.15, -0.1) is 0 Å². The van der Waals surface area contributed by atoms with Crippen LogP contribution in [0.3, 0.4) is 0 Å². The summed E-state index contributed by atoms with van der Waals surface area (Å²) in [6.45, 7) is 18.4. The Kier molecular flexibility index (Phi) is 7.01. The van der Waals surface area contributed by atoms with Crippen LogP contribution in [0.1, 0.15) is 93.0 Å². The van der Waals surface area contributed by atoms with Crippen LogP contribution < -0.4 is 0 Å². The monoisotopic (exact) mass is 494 g/mol. The fourth-order valence-electron chi connectivity index (χ4n) is 7.03. The maximum Gasteiger partial charge on any atom is 0.410 e. The maximum atomic E-state index is 12.4. The van der Waals surface area contributed by atoms with Gasteiger partial charge in [0.15, 0.2) is 0 Å². The van der Waals surface area contributed by atoms with Crippen molar-refractivity contribution < 1.29 is 14.3 Å². The number of hydrogen-bond donors (Lipinski definition) is 0. The molecule has 5 nitrogen and oxygen atoms in total. The number of rotatable bonds is 3. The van der Waals surface area contributed by atoms with Crippen molar-refractivity contribution in [2.24, 2.45) is 5.41 Å². The van der Waals surface area contributed by atoms with Crippen LogP contribution in [0.4, 0.5) is 4.79 Å². The summed E-state index contributed by atoms with van der Waals surface area (Å²) >= 11 is 0. The number of piperidine rings is 1. The van der Waals surface area contributed by atoms with Crippen molar-refractivity contribution in [3.8, 4) is 0 Å². The molecule has 0 unspecified atom stereocenters. The van der Waals surface area contributed by atoms with Gasteiger partial charge in [-0.2, -0.15) is 0 Å². The average molecular weight is 495 g/mol. The van der Waals surface area contributed by atoms with Crippen molar-refractivity contribution in [3.05, 3.63) is 39.5 Å². The Morgan fingerprint density at radius 2 is 1.83 bits per heavy atom. The van der Waals surface area contributed by atoms with Gasteiger partial charge in [0.1, 0.15) is 5.60 Å². The minimum atomic E-state index is -0.419. The second kappa shape index (κ2) is 9.79. The third kappa shape index (κ3) is 5.24. The van der Waals surface area contributed by atoms with Gasteiger partial charge in [-0.1, -0.05) is 12.1 Å². The molecule has 3 saturated heterocycles. The van der Waals surface area contributed by atoms with Crippen molar-refractivity contribution in [1.29, 1.82) is 0 Å².